The smallest absolute Gasteiger partial charge is 0.193 e. The molecule has 11 heavy (non-hydrogen) atoms. The Hall–Kier alpha value is -1.02. The monoisotopic (exact) mass is 168 g/mol. The summed E-state index contributed by atoms with van der Waals surface area (Å²) in [5.74, 6) is 0. The molecule has 0 aliphatic heterocycles. The standard InChI is InChI=1S/C8H9ClN2/c1-6-3-2-4-7(5-6)11-8(9)10/h2-5H,1H3,(H2,10,11). The third kappa shape index (κ3) is 2.60. The number of hydrogen-bond acceptors (Lipinski definition) is 1. The molecule has 1 rings (SSSR count). The van der Waals surface area contributed by atoms with Crippen molar-refractivity contribution in [3.05, 3.63) is 29.8 Å². The van der Waals surface area contributed by atoms with E-state index in [0.717, 1.165) is 11.3 Å². The summed E-state index contributed by atoms with van der Waals surface area (Å²) in [6.07, 6.45) is 0. The SMILES string of the molecule is Cc1cccc(N=C(N)Cl)c1. The van der Waals surface area contributed by atoms with Gasteiger partial charge in [-0.1, -0.05) is 12.1 Å². The van der Waals surface area contributed by atoms with Crippen LogP contribution in [0, 0.1) is 6.92 Å². The van der Waals surface area contributed by atoms with Crippen molar-refractivity contribution in [2.24, 2.45) is 10.7 Å². The van der Waals surface area contributed by atoms with Crippen LogP contribution in [0.4, 0.5) is 5.69 Å². The van der Waals surface area contributed by atoms with Gasteiger partial charge in [0.2, 0.25) is 0 Å². The van der Waals surface area contributed by atoms with Crippen molar-refractivity contribution in [3.8, 4) is 0 Å². The molecule has 0 atom stereocenters. The quantitative estimate of drug-likeness (QED) is 0.390. The Labute approximate surface area is 70.7 Å². The molecule has 0 amide bonds. The zero-order valence-electron chi connectivity index (χ0n) is 6.21. The van der Waals surface area contributed by atoms with Gasteiger partial charge in [0.25, 0.3) is 0 Å². The molecule has 58 valence electrons. The van der Waals surface area contributed by atoms with Gasteiger partial charge >= 0.3 is 0 Å². The van der Waals surface area contributed by atoms with Crippen LogP contribution in [0.1, 0.15) is 5.56 Å². The normalized spacial score (nSPS) is 11.6. The molecule has 0 bridgehead atoms. The van der Waals surface area contributed by atoms with Gasteiger partial charge in [-0.05, 0) is 36.2 Å². The fourth-order valence-electron chi connectivity index (χ4n) is 0.821. The van der Waals surface area contributed by atoms with Crippen molar-refractivity contribution in [3.63, 3.8) is 0 Å². The second kappa shape index (κ2) is 3.39. The van der Waals surface area contributed by atoms with Gasteiger partial charge in [-0.15, -0.1) is 0 Å². The van der Waals surface area contributed by atoms with Crippen molar-refractivity contribution >= 4 is 22.6 Å². The zero-order chi connectivity index (χ0) is 8.27. The van der Waals surface area contributed by atoms with Gasteiger partial charge in [0.15, 0.2) is 5.29 Å². The van der Waals surface area contributed by atoms with Crippen LogP contribution in [0.3, 0.4) is 0 Å². The van der Waals surface area contributed by atoms with E-state index in [2.05, 4.69) is 4.99 Å². The second-order valence-electron chi connectivity index (χ2n) is 2.27. The fourth-order valence-corrected chi connectivity index (χ4v) is 0.918. The van der Waals surface area contributed by atoms with E-state index in [1.165, 1.54) is 0 Å². The molecule has 2 nitrogen and oxygen atoms in total. The van der Waals surface area contributed by atoms with Crippen LogP contribution in [-0.4, -0.2) is 5.29 Å². The molecule has 0 spiro atoms. The van der Waals surface area contributed by atoms with Crippen LogP contribution >= 0.6 is 11.6 Å². The third-order valence-corrected chi connectivity index (χ3v) is 1.32. The Morgan fingerprint density at radius 2 is 2.27 bits per heavy atom. The minimum Gasteiger partial charge on any atom is -0.374 e. The second-order valence-corrected chi connectivity index (χ2v) is 2.66. The Balaban J connectivity index is 2.97. The average molecular weight is 169 g/mol. The van der Waals surface area contributed by atoms with E-state index in [0.29, 0.717) is 0 Å². The predicted octanol–water partition coefficient (Wildman–Crippen LogP) is 2.18. The van der Waals surface area contributed by atoms with Crippen molar-refractivity contribution in [1.82, 2.24) is 0 Å². The van der Waals surface area contributed by atoms with Gasteiger partial charge in [-0.2, -0.15) is 0 Å². The van der Waals surface area contributed by atoms with Crippen molar-refractivity contribution in [1.29, 1.82) is 0 Å². The summed E-state index contributed by atoms with van der Waals surface area (Å²) in [6.45, 7) is 1.99. The molecule has 1 aromatic carbocycles. The van der Waals surface area contributed by atoms with Gasteiger partial charge in [0, 0.05) is 0 Å². The highest BCUT2D eigenvalue weighted by atomic mass is 35.5. The number of aliphatic imine (C=N–C) groups is 1. The first-order chi connectivity index (χ1) is 5.18. The highest BCUT2D eigenvalue weighted by molar-refractivity contribution is 6.64. The Morgan fingerprint density at radius 1 is 1.55 bits per heavy atom. The van der Waals surface area contributed by atoms with Crippen molar-refractivity contribution in [2.45, 2.75) is 6.92 Å². The van der Waals surface area contributed by atoms with E-state index in [1.54, 1.807) is 0 Å². The molecule has 0 radical (unpaired) electrons. The van der Waals surface area contributed by atoms with Gasteiger partial charge in [-0.25, -0.2) is 4.99 Å². The van der Waals surface area contributed by atoms with Crippen molar-refractivity contribution in [2.75, 3.05) is 0 Å². The summed E-state index contributed by atoms with van der Waals surface area (Å²) in [5.41, 5.74) is 7.12. The number of aryl methyl sites for hydroxylation is 1. The van der Waals surface area contributed by atoms with E-state index in [1.807, 2.05) is 31.2 Å². The first kappa shape index (κ1) is 8.08. The lowest BCUT2D eigenvalue weighted by Gasteiger charge is -1.94. The molecule has 0 heterocycles. The lowest BCUT2D eigenvalue weighted by atomic mass is 10.2. The number of amidine groups is 1. The van der Waals surface area contributed by atoms with Crippen LogP contribution in [0.5, 0.6) is 0 Å². The minimum atomic E-state index is 0.0654. The molecule has 0 saturated heterocycles. The van der Waals surface area contributed by atoms with E-state index in [9.17, 15) is 0 Å². The molecule has 0 aromatic heterocycles. The molecule has 1 aromatic rings. The van der Waals surface area contributed by atoms with E-state index in [-0.39, 0.29) is 5.29 Å². The summed E-state index contributed by atoms with van der Waals surface area (Å²) in [4.78, 5) is 3.88. The summed E-state index contributed by atoms with van der Waals surface area (Å²) >= 11 is 5.39. The van der Waals surface area contributed by atoms with Crippen LogP contribution in [0.25, 0.3) is 0 Å². The lowest BCUT2D eigenvalue weighted by Crippen LogP contribution is -1.99. The predicted molar refractivity (Wildman–Crippen MR) is 48.3 cm³/mol. The van der Waals surface area contributed by atoms with Gasteiger partial charge < -0.3 is 5.73 Å². The summed E-state index contributed by atoms with van der Waals surface area (Å²) < 4.78 is 0. The summed E-state index contributed by atoms with van der Waals surface area (Å²) in [6, 6.07) is 7.66. The number of nitrogens with two attached hydrogens (primary N) is 1. The molecule has 2 N–H and O–H groups in total. The number of nitrogens with zero attached hydrogens (tertiary/aromatic N) is 1. The van der Waals surface area contributed by atoms with Crippen LogP contribution in [-0.2, 0) is 0 Å². The van der Waals surface area contributed by atoms with E-state index in [4.69, 9.17) is 17.3 Å². The Morgan fingerprint density at radius 3 is 2.82 bits per heavy atom. The third-order valence-electron chi connectivity index (χ3n) is 1.24. The number of benzene rings is 1. The number of halogens is 1. The Bertz CT molecular complexity index is 277. The number of rotatable bonds is 1. The molecule has 0 aliphatic carbocycles. The Kier molecular flexibility index (Phi) is 2.49. The van der Waals surface area contributed by atoms with E-state index < -0.39 is 0 Å². The summed E-state index contributed by atoms with van der Waals surface area (Å²) in [5, 5.41) is 0.0654. The van der Waals surface area contributed by atoms with E-state index >= 15 is 0 Å². The average Bonchev–Trinajstić information content (AvgIpc) is 1.85. The maximum atomic E-state index is 5.39. The molecule has 0 unspecified atom stereocenters. The maximum Gasteiger partial charge on any atom is 0.193 e. The zero-order valence-corrected chi connectivity index (χ0v) is 6.97. The molecule has 3 heteroatoms. The van der Waals surface area contributed by atoms with Crippen LogP contribution in [0.15, 0.2) is 29.3 Å². The molecule has 0 saturated carbocycles. The molecule has 0 aliphatic rings. The van der Waals surface area contributed by atoms with Gasteiger partial charge in [0.05, 0.1) is 5.69 Å². The topological polar surface area (TPSA) is 38.4 Å². The van der Waals surface area contributed by atoms with Crippen LogP contribution < -0.4 is 5.73 Å². The first-order valence-electron chi connectivity index (χ1n) is 3.25. The molecular formula is C8H9ClN2. The molecular weight excluding hydrogens is 160 g/mol. The highest BCUT2D eigenvalue weighted by Crippen LogP contribution is 2.13. The lowest BCUT2D eigenvalue weighted by molar-refractivity contribution is 1.42. The van der Waals surface area contributed by atoms with Crippen molar-refractivity contribution < 1.29 is 0 Å². The molecule has 0 fully saturated rings. The maximum absolute atomic E-state index is 5.39. The van der Waals surface area contributed by atoms with Gasteiger partial charge in [0.1, 0.15) is 0 Å². The van der Waals surface area contributed by atoms with Crippen LogP contribution in [0.2, 0.25) is 0 Å². The minimum absolute atomic E-state index is 0.0654. The summed E-state index contributed by atoms with van der Waals surface area (Å²) in [7, 11) is 0. The fraction of sp³-hybridized carbons (Fsp3) is 0.125. The number of hydrogen-bond donors (Lipinski definition) is 1. The van der Waals surface area contributed by atoms with Gasteiger partial charge in [-0.3, -0.25) is 0 Å². The largest absolute Gasteiger partial charge is 0.374 e. The highest BCUT2D eigenvalue weighted by Gasteiger charge is 1.89. The first-order valence-corrected chi connectivity index (χ1v) is 3.62.